The topological polar surface area (TPSA) is 68.5 Å². The fraction of sp³-hybridized carbons (Fsp3) is 0.364. The molecule has 2 aromatic carbocycles. The quantitative estimate of drug-likeness (QED) is 0.609. The third kappa shape index (κ3) is 4.67. The Morgan fingerprint density at radius 2 is 1.76 bits per heavy atom. The van der Waals surface area contributed by atoms with Crippen LogP contribution in [0.15, 0.2) is 52.4 Å². The maximum Gasteiger partial charge on any atom is 0.279 e. The van der Waals surface area contributed by atoms with Crippen LogP contribution < -0.4 is 4.80 Å². The molecular weight excluding hydrogens is 404 g/mol. The second-order valence-corrected chi connectivity index (χ2v) is 11.2. The Morgan fingerprint density at radius 1 is 1.10 bits per heavy atom. The van der Waals surface area contributed by atoms with Crippen molar-refractivity contribution in [1.82, 2.24) is 4.57 Å². The summed E-state index contributed by atoms with van der Waals surface area (Å²) in [6.07, 6.45) is 2.07. The Hall–Kier alpha value is -2.25. The highest BCUT2D eigenvalue weighted by Crippen LogP contribution is 2.23. The van der Waals surface area contributed by atoms with Crippen LogP contribution in [0.3, 0.4) is 0 Å². The lowest BCUT2D eigenvalue weighted by molar-refractivity contribution is 0.0997. The van der Waals surface area contributed by atoms with E-state index in [0.29, 0.717) is 16.9 Å². The summed E-state index contributed by atoms with van der Waals surface area (Å²) in [7, 11) is -3.29. The summed E-state index contributed by atoms with van der Waals surface area (Å²) in [6.45, 7) is 9.14. The van der Waals surface area contributed by atoms with Gasteiger partial charge in [-0.05, 0) is 47.7 Å². The number of hydrogen-bond acceptors (Lipinski definition) is 4. The van der Waals surface area contributed by atoms with E-state index in [0.717, 1.165) is 22.2 Å². The molecule has 154 valence electrons. The summed E-state index contributed by atoms with van der Waals surface area (Å²) in [6, 6.07) is 12.6. The summed E-state index contributed by atoms with van der Waals surface area (Å²) in [5.41, 5.74) is 2.60. The Morgan fingerprint density at radius 3 is 2.31 bits per heavy atom. The van der Waals surface area contributed by atoms with Crippen LogP contribution in [0, 0.1) is 0 Å². The van der Waals surface area contributed by atoms with Crippen LogP contribution in [0.2, 0.25) is 0 Å². The number of amides is 1. The lowest BCUT2D eigenvalue weighted by Gasteiger charge is -2.18. The predicted octanol–water partition coefficient (Wildman–Crippen LogP) is 4.55. The monoisotopic (exact) mass is 430 g/mol. The number of rotatable bonds is 4. The van der Waals surface area contributed by atoms with Crippen molar-refractivity contribution in [3.8, 4) is 0 Å². The van der Waals surface area contributed by atoms with Crippen LogP contribution in [0.5, 0.6) is 0 Å². The molecule has 0 saturated carbocycles. The second-order valence-electron chi connectivity index (χ2n) is 8.18. The van der Waals surface area contributed by atoms with Crippen molar-refractivity contribution in [1.29, 1.82) is 0 Å². The van der Waals surface area contributed by atoms with Crippen molar-refractivity contribution in [3.05, 3.63) is 58.4 Å². The van der Waals surface area contributed by atoms with Crippen molar-refractivity contribution in [2.75, 3.05) is 6.26 Å². The Kier molecular flexibility index (Phi) is 5.83. The molecule has 0 saturated heterocycles. The molecular formula is C22H26N2O3S2. The smallest absolute Gasteiger partial charge is 0.279 e. The molecule has 0 bridgehead atoms. The first-order chi connectivity index (χ1) is 13.5. The van der Waals surface area contributed by atoms with Gasteiger partial charge in [-0.15, -0.1) is 0 Å². The van der Waals surface area contributed by atoms with Gasteiger partial charge in [-0.3, -0.25) is 4.79 Å². The fourth-order valence-corrected chi connectivity index (χ4v) is 4.89. The number of hydrogen-bond donors (Lipinski definition) is 0. The molecule has 7 heteroatoms. The molecule has 1 aromatic heterocycles. The van der Waals surface area contributed by atoms with Crippen molar-refractivity contribution in [2.24, 2.45) is 4.99 Å². The van der Waals surface area contributed by atoms with Crippen LogP contribution in [0.1, 0.15) is 50.0 Å². The summed E-state index contributed by atoms with van der Waals surface area (Å²) in [5.74, 6) is -0.301. The van der Waals surface area contributed by atoms with E-state index in [1.54, 1.807) is 18.2 Å². The van der Waals surface area contributed by atoms with E-state index in [1.807, 2.05) is 28.8 Å². The zero-order chi connectivity index (χ0) is 21.4. The zero-order valence-electron chi connectivity index (χ0n) is 17.4. The average Bonchev–Trinajstić information content (AvgIpc) is 2.97. The fourth-order valence-electron chi connectivity index (χ4n) is 3.07. The SMILES string of the molecule is CCCn1c(=NC(=O)c2ccc(C(C)(C)C)cc2)sc2cc(S(C)(=O)=O)ccc21. The molecule has 0 fully saturated rings. The minimum absolute atomic E-state index is 0.0195. The van der Waals surface area contributed by atoms with Gasteiger partial charge in [-0.1, -0.05) is 51.2 Å². The Bertz CT molecular complexity index is 1230. The summed E-state index contributed by atoms with van der Waals surface area (Å²) in [5, 5.41) is 0. The highest BCUT2D eigenvalue weighted by atomic mass is 32.2. The van der Waals surface area contributed by atoms with E-state index >= 15 is 0 Å². The van der Waals surface area contributed by atoms with Gasteiger partial charge in [0.1, 0.15) is 0 Å². The van der Waals surface area contributed by atoms with E-state index in [4.69, 9.17) is 0 Å². The van der Waals surface area contributed by atoms with Gasteiger partial charge in [0.2, 0.25) is 0 Å². The summed E-state index contributed by atoms with van der Waals surface area (Å²) < 4.78 is 26.5. The Labute approximate surface area is 175 Å². The maximum absolute atomic E-state index is 12.8. The molecule has 0 aliphatic carbocycles. The van der Waals surface area contributed by atoms with Crippen LogP contribution in [-0.2, 0) is 21.8 Å². The second kappa shape index (κ2) is 7.88. The lowest BCUT2D eigenvalue weighted by atomic mass is 9.87. The molecule has 29 heavy (non-hydrogen) atoms. The van der Waals surface area contributed by atoms with Gasteiger partial charge < -0.3 is 4.57 Å². The first-order valence-corrected chi connectivity index (χ1v) is 12.2. The number of sulfone groups is 1. The molecule has 0 aliphatic heterocycles. The molecule has 0 atom stereocenters. The molecule has 5 nitrogen and oxygen atoms in total. The molecule has 3 aromatic rings. The first-order valence-electron chi connectivity index (χ1n) is 9.54. The van der Waals surface area contributed by atoms with Crippen molar-refractivity contribution in [3.63, 3.8) is 0 Å². The Balaban J connectivity index is 2.08. The largest absolute Gasteiger partial charge is 0.316 e. The van der Waals surface area contributed by atoms with Gasteiger partial charge in [0, 0.05) is 18.4 Å². The molecule has 0 unspecified atom stereocenters. The third-order valence-corrected chi connectivity index (χ3v) is 6.88. The van der Waals surface area contributed by atoms with Gasteiger partial charge in [0.05, 0.1) is 15.1 Å². The molecule has 3 rings (SSSR count). The predicted molar refractivity (Wildman–Crippen MR) is 118 cm³/mol. The van der Waals surface area contributed by atoms with E-state index in [1.165, 1.54) is 17.6 Å². The minimum Gasteiger partial charge on any atom is -0.316 e. The van der Waals surface area contributed by atoms with Gasteiger partial charge in [-0.25, -0.2) is 8.42 Å². The summed E-state index contributed by atoms with van der Waals surface area (Å²) in [4.78, 5) is 18.0. The highest BCUT2D eigenvalue weighted by molar-refractivity contribution is 7.90. The maximum atomic E-state index is 12.8. The minimum atomic E-state index is -3.29. The highest BCUT2D eigenvalue weighted by Gasteiger charge is 2.15. The molecule has 0 aliphatic rings. The number of nitrogens with zero attached hydrogens (tertiary/aromatic N) is 2. The number of carbonyl (C=O) groups excluding carboxylic acids is 1. The number of aryl methyl sites for hydroxylation is 1. The molecule has 0 radical (unpaired) electrons. The van der Waals surface area contributed by atoms with E-state index in [2.05, 4.69) is 32.7 Å². The number of thiazole rings is 1. The van der Waals surface area contributed by atoms with E-state index < -0.39 is 9.84 Å². The van der Waals surface area contributed by atoms with Crippen molar-refractivity contribution in [2.45, 2.75) is 51.0 Å². The normalized spacial score (nSPS) is 13.2. The lowest BCUT2D eigenvalue weighted by Crippen LogP contribution is -2.17. The van der Waals surface area contributed by atoms with Gasteiger partial charge in [0.25, 0.3) is 5.91 Å². The van der Waals surface area contributed by atoms with Crippen LogP contribution in [0.25, 0.3) is 10.2 Å². The van der Waals surface area contributed by atoms with Gasteiger partial charge >= 0.3 is 0 Å². The standard InChI is InChI=1S/C22H26N2O3S2/c1-6-13-24-18-12-11-17(29(5,26)27)14-19(18)28-21(24)23-20(25)15-7-9-16(10-8-15)22(2,3)4/h7-12,14H,6,13H2,1-5H3. The van der Waals surface area contributed by atoms with E-state index in [9.17, 15) is 13.2 Å². The molecule has 1 amide bonds. The van der Waals surface area contributed by atoms with Crippen LogP contribution >= 0.6 is 11.3 Å². The molecule has 1 heterocycles. The van der Waals surface area contributed by atoms with Crippen LogP contribution in [-0.4, -0.2) is 25.1 Å². The first kappa shape index (κ1) is 21.5. The molecule has 0 spiro atoms. The van der Waals surface area contributed by atoms with Gasteiger partial charge in [0.15, 0.2) is 14.6 Å². The van der Waals surface area contributed by atoms with Crippen molar-refractivity contribution < 1.29 is 13.2 Å². The zero-order valence-corrected chi connectivity index (χ0v) is 19.0. The average molecular weight is 431 g/mol. The van der Waals surface area contributed by atoms with Gasteiger partial charge in [-0.2, -0.15) is 4.99 Å². The van der Waals surface area contributed by atoms with Crippen molar-refractivity contribution >= 4 is 37.3 Å². The van der Waals surface area contributed by atoms with E-state index in [-0.39, 0.29) is 16.2 Å². The number of fused-ring (bicyclic) bond motifs is 1. The van der Waals surface area contributed by atoms with Crippen LogP contribution in [0.4, 0.5) is 0 Å². The third-order valence-electron chi connectivity index (χ3n) is 4.72. The number of aromatic nitrogens is 1. The summed E-state index contributed by atoms with van der Waals surface area (Å²) >= 11 is 1.34. The number of carbonyl (C=O) groups is 1. The number of benzene rings is 2. The molecule has 0 N–H and O–H groups in total.